The maximum absolute atomic E-state index is 11.1. The van der Waals surface area contributed by atoms with Gasteiger partial charge < -0.3 is 5.32 Å². The number of likely N-dealkylation sites (tertiary alicyclic amines) is 1. The highest BCUT2D eigenvalue weighted by Crippen LogP contribution is 2.23. The Morgan fingerprint density at radius 1 is 1.50 bits per heavy atom. The summed E-state index contributed by atoms with van der Waals surface area (Å²) in [4.78, 5) is 18.1. The summed E-state index contributed by atoms with van der Waals surface area (Å²) in [5.74, 6) is -0.0737. The maximum Gasteiger partial charge on any atom is 0.223 e. The van der Waals surface area contributed by atoms with Gasteiger partial charge in [-0.2, -0.15) is 5.10 Å². The molecule has 0 saturated carbocycles. The molecule has 1 atom stereocenters. The van der Waals surface area contributed by atoms with Gasteiger partial charge in [-0.1, -0.05) is 6.42 Å². The third kappa shape index (κ3) is 3.92. The number of aromatic nitrogens is 3. The van der Waals surface area contributed by atoms with Crippen LogP contribution in [0.1, 0.15) is 31.9 Å². The Bertz CT molecular complexity index is 609. The highest BCUT2D eigenvalue weighted by atomic mass is 32.1. The minimum Gasteiger partial charge on any atom is -0.302 e. The normalized spacial score (nSPS) is 19.2. The summed E-state index contributed by atoms with van der Waals surface area (Å²) in [6.07, 6.45) is 7.55. The number of carbonyl (C=O) groups excluding carboxylic acids is 1. The lowest BCUT2D eigenvalue weighted by atomic mass is 10.0. The molecule has 2 aromatic rings. The van der Waals surface area contributed by atoms with E-state index in [1.165, 1.54) is 37.5 Å². The Labute approximate surface area is 134 Å². The first-order valence-electron chi connectivity index (χ1n) is 7.64. The van der Waals surface area contributed by atoms with Crippen LogP contribution in [-0.4, -0.2) is 38.2 Å². The van der Waals surface area contributed by atoms with Crippen LogP contribution in [0.4, 0.5) is 5.13 Å². The molecule has 1 amide bonds. The van der Waals surface area contributed by atoms with Gasteiger partial charge in [-0.25, -0.2) is 4.98 Å². The number of carbonyl (C=O) groups is 1. The third-order valence-corrected chi connectivity index (χ3v) is 4.71. The Hall–Kier alpha value is -1.73. The zero-order valence-electron chi connectivity index (χ0n) is 12.7. The van der Waals surface area contributed by atoms with Crippen molar-refractivity contribution >= 4 is 22.4 Å². The van der Waals surface area contributed by atoms with Crippen molar-refractivity contribution in [3.63, 3.8) is 0 Å². The van der Waals surface area contributed by atoms with Gasteiger partial charge in [0.25, 0.3) is 0 Å². The molecule has 22 heavy (non-hydrogen) atoms. The maximum atomic E-state index is 11.1. The van der Waals surface area contributed by atoms with Crippen molar-refractivity contribution in [2.75, 3.05) is 11.9 Å². The minimum absolute atomic E-state index is 0.0737. The molecule has 3 heterocycles. The Morgan fingerprint density at radius 3 is 3.18 bits per heavy atom. The van der Waals surface area contributed by atoms with Crippen molar-refractivity contribution in [1.29, 1.82) is 0 Å². The van der Waals surface area contributed by atoms with Gasteiger partial charge in [0.1, 0.15) is 0 Å². The van der Waals surface area contributed by atoms with Gasteiger partial charge in [0.15, 0.2) is 5.13 Å². The first-order valence-corrected chi connectivity index (χ1v) is 8.52. The molecule has 0 unspecified atom stereocenters. The van der Waals surface area contributed by atoms with E-state index in [0.717, 1.165) is 25.3 Å². The molecule has 6 nitrogen and oxygen atoms in total. The number of thiazole rings is 1. The monoisotopic (exact) mass is 319 g/mol. The van der Waals surface area contributed by atoms with E-state index in [1.807, 2.05) is 28.5 Å². The van der Waals surface area contributed by atoms with Gasteiger partial charge in [0, 0.05) is 37.3 Å². The van der Waals surface area contributed by atoms with Crippen LogP contribution in [0.3, 0.4) is 0 Å². The molecule has 118 valence electrons. The van der Waals surface area contributed by atoms with Crippen molar-refractivity contribution in [3.05, 3.63) is 29.5 Å². The highest BCUT2D eigenvalue weighted by Gasteiger charge is 2.23. The SMILES string of the molecule is CC(=O)Nc1nc(CN2CCCC[C@@H]2Cn2cccn2)cs1. The van der Waals surface area contributed by atoms with Crippen LogP contribution in [0.5, 0.6) is 0 Å². The van der Waals surface area contributed by atoms with E-state index in [2.05, 4.69) is 20.3 Å². The summed E-state index contributed by atoms with van der Waals surface area (Å²) in [5.41, 5.74) is 1.03. The van der Waals surface area contributed by atoms with Crippen molar-refractivity contribution in [2.45, 2.75) is 45.3 Å². The van der Waals surface area contributed by atoms with Crippen molar-refractivity contribution in [3.8, 4) is 0 Å². The predicted molar refractivity (Wildman–Crippen MR) is 86.7 cm³/mol. The van der Waals surface area contributed by atoms with Crippen LogP contribution in [0.2, 0.25) is 0 Å². The summed E-state index contributed by atoms with van der Waals surface area (Å²) < 4.78 is 2.01. The van der Waals surface area contributed by atoms with Crippen LogP contribution in [-0.2, 0) is 17.9 Å². The van der Waals surface area contributed by atoms with Gasteiger partial charge in [0.05, 0.1) is 12.2 Å². The molecule has 3 rings (SSSR count). The minimum atomic E-state index is -0.0737. The van der Waals surface area contributed by atoms with Crippen LogP contribution in [0.15, 0.2) is 23.8 Å². The molecule has 0 bridgehead atoms. The first kappa shape index (κ1) is 15.2. The van der Waals surface area contributed by atoms with Gasteiger partial charge >= 0.3 is 0 Å². The van der Waals surface area contributed by atoms with E-state index in [0.29, 0.717) is 11.2 Å². The van der Waals surface area contributed by atoms with Crippen LogP contribution >= 0.6 is 11.3 Å². The van der Waals surface area contributed by atoms with E-state index >= 15 is 0 Å². The van der Waals surface area contributed by atoms with Crippen molar-refractivity contribution < 1.29 is 4.79 Å². The Balaban J connectivity index is 1.63. The molecule has 0 spiro atoms. The zero-order valence-corrected chi connectivity index (χ0v) is 13.6. The zero-order chi connectivity index (χ0) is 15.4. The number of nitrogens with zero attached hydrogens (tertiary/aromatic N) is 4. The second-order valence-electron chi connectivity index (χ2n) is 5.67. The van der Waals surface area contributed by atoms with E-state index in [9.17, 15) is 4.79 Å². The van der Waals surface area contributed by atoms with E-state index in [4.69, 9.17) is 0 Å². The largest absolute Gasteiger partial charge is 0.302 e. The first-order chi connectivity index (χ1) is 10.7. The molecule has 1 N–H and O–H groups in total. The van der Waals surface area contributed by atoms with Gasteiger partial charge in [-0.05, 0) is 25.5 Å². The fourth-order valence-corrected chi connectivity index (χ4v) is 3.64. The molecule has 1 aliphatic rings. The number of amides is 1. The molecule has 0 aromatic carbocycles. The topological polar surface area (TPSA) is 63.1 Å². The molecule has 1 aliphatic heterocycles. The molecule has 2 aromatic heterocycles. The number of anilines is 1. The lowest BCUT2D eigenvalue weighted by Crippen LogP contribution is -2.41. The fraction of sp³-hybridized carbons (Fsp3) is 0.533. The van der Waals surface area contributed by atoms with Crippen LogP contribution in [0, 0.1) is 0 Å². The third-order valence-electron chi connectivity index (χ3n) is 3.91. The van der Waals surface area contributed by atoms with Crippen LogP contribution < -0.4 is 5.32 Å². The van der Waals surface area contributed by atoms with Gasteiger partial charge in [-0.3, -0.25) is 14.4 Å². The Morgan fingerprint density at radius 2 is 2.41 bits per heavy atom. The standard InChI is InChI=1S/C15H21N5OS/c1-12(21)17-15-18-13(11-22-15)9-19-7-3-2-5-14(19)10-20-8-4-6-16-20/h4,6,8,11,14H,2-3,5,7,9-10H2,1H3,(H,17,18,21)/t14-/m1/s1. The van der Waals surface area contributed by atoms with Crippen molar-refractivity contribution in [2.24, 2.45) is 0 Å². The molecule has 1 fully saturated rings. The van der Waals surface area contributed by atoms with E-state index in [1.54, 1.807) is 0 Å². The molecule has 0 aliphatic carbocycles. The van der Waals surface area contributed by atoms with E-state index in [-0.39, 0.29) is 5.91 Å². The number of nitrogens with one attached hydrogen (secondary N) is 1. The van der Waals surface area contributed by atoms with Gasteiger partial charge in [-0.15, -0.1) is 11.3 Å². The number of hydrogen-bond donors (Lipinski definition) is 1. The summed E-state index contributed by atoms with van der Waals surface area (Å²) in [6, 6.07) is 2.47. The number of piperidine rings is 1. The summed E-state index contributed by atoms with van der Waals surface area (Å²) in [6.45, 7) is 4.36. The van der Waals surface area contributed by atoms with Gasteiger partial charge in [0.2, 0.25) is 5.91 Å². The summed E-state index contributed by atoms with van der Waals surface area (Å²) in [7, 11) is 0. The smallest absolute Gasteiger partial charge is 0.223 e. The van der Waals surface area contributed by atoms with Crippen molar-refractivity contribution in [1.82, 2.24) is 19.7 Å². The fourth-order valence-electron chi connectivity index (χ4n) is 2.89. The number of rotatable bonds is 5. The predicted octanol–water partition coefficient (Wildman–Crippen LogP) is 2.35. The average molecular weight is 319 g/mol. The summed E-state index contributed by atoms with van der Waals surface area (Å²) >= 11 is 1.49. The molecular weight excluding hydrogens is 298 g/mol. The average Bonchev–Trinajstić information content (AvgIpc) is 3.13. The molecular formula is C15H21N5OS. The quantitative estimate of drug-likeness (QED) is 0.919. The second-order valence-corrected chi connectivity index (χ2v) is 6.53. The lowest BCUT2D eigenvalue weighted by molar-refractivity contribution is -0.114. The molecule has 1 saturated heterocycles. The Kier molecular flexibility index (Phi) is 4.84. The second kappa shape index (κ2) is 7.02. The number of hydrogen-bond acceptors (Lipinski definition) is 5. The van der Waals surface area contributed by atoms with Crippen LogP contribution in [0.25, 0.3) is 0 Å². The lowest BCUT2D eigenvalue weighted by Gasteiger charge is -2.35. The van der Waals surface area contributed by atoms with E-state index < -0.39 is 0 Å². The highest BCUT2D eigenvalue weighted by molar-refractivity contribution is 7.13. The molecule has 7 heteroatoms. The molecule has 0 radical (unpaired) electrons. The summed E-state index contributed by atoms with van der Waals surface area (Å²) in [5, 5.41) is 9.78.